The average Bonchev–Trinajstić information content (AvgIpc) is 3.27. The molecule has 2 heterocycles. The molecule has 1 saturated heterocycles. The molecule has 1 N–H and O–H groups in total. The highest BCUT2D eigenvalue weighted by Gasteiger charge is 2.38. The fourth-order valence-corrected chi connectivity index (χ4v) is 5.58. The van der Waals surface area contributed by atoms with Crippen LogP contribution in [-0.2, 0) is 10.0 Å². The predicted octanol–water partition coefficient (Wildman–Crippen LogP) is 4.70. The Kier molecular flexibility index (Phi) is 4.88. The number of para-hydroxylation sites is 2. The van der Waals surface area contributed by atoms with Crippen LogP contribution in [0.4, 0.5) is 13.2 Å². The Labute approximate surface area is 164 Å². The first-order valence-electron chi connectivity index (χ1n) is 8.56. The first kappa shape index (κ1) is 19.3. The van der Waals surface area contributed by atoms with Crippen LogP contribution in [0.1, 0.15) is 24.7 Å². The van der Waals surface area contributed by atoms with E-state index in [1.54, 1.807) is 0 Å². The number of hydrogen-bond acceptors (Lipinski definition) is 4. The topological polar surface area (TPSA) is 66.1 Å². The van der Waals surface area contributed by atoms with Crippen molar-refractivity contribution >= 4 is 32.8 Å². The largest absolute Gasteiger partial charge is 0.446 e. The Bertz CT molecular complexity index is 1060. The molecular formula is C18H16F3N3O2S2. The van der Waals surface area contributed by atoms with Crippen LogP contribution in [0, 0.1) is 0 Å². The van der Waals surface area contributed by atoms with Crippen LogP contribution < -0.4 is 0 Å². The lowest BCUT2D eigenvalue weighted by Crippen LogP contribution is -2.31. The normalized spacial score (nSPS) is 18.8. The third-order valence-electron chi connectivity index (χ3n) is 4.59. The number of aromatic nitrogens is 2. The summed E-state index contributed by atoms with van der Waals surface area (Å²) in [5.41, 5.74) is -2.83. The van der Waals surface area contributed by atoms with E-state index < -0.39 is 21.6 Å². The number of thioether (sulfide) groups is 1. The van der Waals surface area contributed by atoms with Gasteiger partial charge in [0.25, 0.3) is 0 Å². The molecule has 1 aromatic heterocycles. The standard InChI is InChI=1S/C18H16F3N3O2S2/c19-18(20,21)27-12-7-9-13(10-8-12)28(25,26)24-11-3-6-16(24)17-22-14-4-1-2-5-15(14)23-17/h1-2,4-5,7-10,16H,3,6,11H2,(H,22,23). The molecule has 0 radical (unpaired) electrons. The first-order valence-corrected chi connectivity index (χ1v) is 10.8. The van der Waals surface area contributed by atoms with Gasteiger partial charge in [-0.1, -0.05) is 12.1 Å². The lowest BCUT2D eigenvalue weighted by molar-refractivity contribution is -0.0328. The van der Waals surface area contributed by atoms with E-state index in [0.29, 0.717) is 25.2 Å². The summed E-state index contributed by atoms with van der Waals surface area (Å²) in [5.74, 6) is 0.575. The number of alkyl halides is 3. The number of halogens is 3. The highest BCUT2D eigenvalue weighted by atomic mass is 32.2. The molecule has 148 valence electrons. The fourth-order valence-electron chi connectivity index (χ4n) is 3.38. The molecule has 0 bridgehead atoms. The van der Waals surface area contributed by atoms with Crippen molar-refractivity contribution < 1.29 is 21.6 Å². The Morgan fingerprint density at radius 1 is 1.11 bits per heavy atom. The van der Waals surface area contributed by atoms with Crippen molar-refractivity contribution in [1.29, 1.82) is 0 Å². The van der Waals surface area contributed by atoms with Gasteiger partial charge in [0.05, 0.1) is 22.0 Å². The van der Waals surface area contributed by atoms with Gasteiger partial charge in [-0.3, -0.25) is 0 Å². The van der Waals surface area contributed by atoms with Crippen molar-refractivity contribution in [2.24, 2.45) is 0 Å². The lowest BCUT2D eigenvalue weighted by atomic mass is 10.2. The summed E-state index contributed by atoms with van der Waals surface area (Å²) in [6, 6.07) is 11.8. The van der Waals surface area contributed by atoms with Crippen LogP contribution in [-0.4, -0.2) is 34.7 Å². The second-order valence-corrected chi connectivity index (χ2v) is 9.46. The Morgan fingerprint density at radius 3 is 2.50 bits per heavy atom. The maximum atomic E-state index is 13.1. The number of hydrogen-bond donors (Lipinski definition) is 1. The van der Waals surface area contributed by atoms with Gasteiger partial charge in [0.15, 0.2) is 0 Å². The summed E-state index contributed by atoms with van der Waals surface area (Å²) in [4.78, 5) is 7.62. The minimum absolute atomic E-state index is 0.0259. The number of nitrogens with one attached hydrogen (secondary N) is 1. The molecule has 28 heavy (non-hydrogen) atoms. The number of rotatable bonds is 4. The maximum absolute atomic E-state index is 13.1. The van der Waals surface area contributed by atoms with Gasteiger partial charge in [-0.15, -0.1) is 0 Å². The number of benzene rings is 2. The highest BCUT2D eigenvalue weighted by Crippen LogP contribution is 2.39. The van der Waals surface area contributed by atoms with Crippen molar-refractivity contribution in [3.05, 3.63) is 54.4 Å². The van der Waals surface area contributed by atoms with Gasteiger partial charge in [-0.2, -0.15) is 17.5 Å². The Hall–Kier alpha value is -2.04. The minimum Gasteiger partial charge on any atom is -0.341 e. The second kappa shape index (κ2) is 7.09. The molecule has 1 fully saturated rings. The summed E-state index contributed by atoms with van der Waals surface area (Å²) < 4.78 is 65.0. The fraction of sp³-hybridized carbons (Fsp3) is 0.278. The Morgan fingerprint density at radius 2 is 1.82 bits per heavy atom. The number of sulfonamides is 1. The molecule has 4 rings (SSSR count). The number of fused-ring (bicyclic) bond motifs is 1. The van der Waals surface area contributed by atoms with Crippen LogP contribution >= 0.6 is 11.8 Å². The predicted molar refractivity (Wildman–Crippen MR) is 100 cm³/mol. The molecule has 1 unspecified atom stereocenters. The average molecular weight is 427 g/mol. The zero-order valence-corrected chi connectivity index (χ0v) is 16.1. The first-order chi connectivity index (χ1) is 13.2. The zero-order chi connectivity index (χ0) is 19.9. The van der Waals surface area contributed by atoms with Gasteiger partial charge in [-0.05, 0) is 61.0 Å². The molecule has 2 aromatic carbocycles. The van der Waals surface area contributed by atoms with Crippen molar-refractivity contribution in [1.82, 2.24) is 14.3 Å². The summed E-state index contributed by atoms with van der Waals surface area (Å²) in [6.45, 7) is 0.336. The second-order valence-electron chi connectivity index (χ2n) is 6.43. The molecule has 0 saturated carbocycles. The van der Waals surface area contributed by atoms with E-state index in [-0.39, 0.29) is 21.6 Å². The summed E-state index contributed by atoms with van der Waals surface area (Å²) in [7, 11) is -3.85. The summed E-state index contributed by atoms with van der Waals surface area (Å²) in [5, 5.41) is 0. The molecule has 3 aromatic rings. The van der Waals surface area contributed by atoms with E-state index in [1.807, 2.05) is 24.3 Å². The highest BCUT2D eigenvalue weighted by molar-refractivity contribution is 8.00. The van der Waals surface area contributed by atoms with E-state index >= 15 is 0 Å². The number of nitrogens with zero attached hydrogens (tertiary/aromatic N) is 2. The molecule has 1 atom stereocenters. The molecule has 0 aliphatic carbocycles. The van der Waals surface area contributed by atoms with Gasteiger partial charge in [-0.25, -0.2) is 13.4 Å². The maximum Gasteiger partial charge on any atom is 0.446 e. The van der Waals surface area contributed by atoms with Crippen molar-refractivity contribution in [3.63, 3.8) is 0 Å². The number of aromatic amines is 1. The van der Waals surface area contributed by atoms with E-state index in [4.69, 9.17) is 0 Å². The van der Waals surface area contributed by atoms with Crippen LogP contribution in [0.15, 0.2) is 58.3 Å². The monoisotopic (exact) mass is 427 g/mol. The molecule has 0 spiro atoms. The number of H-pyrrole nitrogens is 1. The van der Waals surface area contributed by atoms with Crippen LogP contribution in [0.2, 0.25) is 0 Å². The third-order valence-corrected chi connectivity index (χ3v) is 7.25. The molecule has 10 heteroatoms. The van der Waals surface area contributed by atoms with Gasteiger partial charge in [0, 0.05) is 11.4 Å². The van der Waals surface area contributed by atoms with Crippen molar-refractivity contribution in [2.45, 2.75) is 34.2 Å². The minimum atomic E-state index is -4.41. The Balaban J connectivity index is 1.62. The molecule has 1 aliphatic heterocycles. The van der Waals surface area contributed by atoms with Crippen molar-refractivity contribution in [3.8, 4) is 0 Å². The van der Waals surface area contributed by atoms with Crippen LogP contribution in [0.3, 0.4) is 0 Å². The zero-order valence-electron chi connectivity index (χ0n) is 14.5. The van der Waals surface area contributed by atoms with Gasteiger partial charge in [0.1, 0.15) is 5.82 Å². The molecule has 1 aliphatic rings. The van der Waals surface area contributed by atoms with Gasteiger partial charge >= 0.3 is 5.51 Å². The van der Waals surface area contributed by atoms with Crippen LogP contribution in [0.5, 0.6) is 0 Å². The van der Waals surface area contributed by atoms with E-state index in [0.717, 1.165) is 11.0 Å². The lowest BCUT2D eigenvalue weighted by Gasteiger charge is -2.22. The van der Waals surface area contributed by atoms with E-state index in [9.17, 15) is 21.6 Å². The summed E-state index contributed by atoms with van der Waals surface area (Å²) >= 11 is -0.271. The third kappa shape index (κ3) is 3.76. The molecular weight excluding hydrogens is 411 g/mol. The van der Waals surface area contributed by atoms with E-state index in [2.05, 4.69) is 9.97 Å². The molecule has 0 amide bonds. The van der Waals surface area contributed by atoms with Gasteiger partial charge in [0.2, 0.25) is 10.0 Å². The number of imidazole rings is 1. The smallest absolute Gasteiger partial charge is 0.341 e. The molecule has 5 nitrogen and oxygen atoms in total. The SMILES string of the molecule is O=S(=O)(c1ccc(SC(F)(F)F)cc1)N1CCCC1c1nc2ccccc2[nH]1. The summed E-state index contributed by atoms with van der Waals surface area (Å²) in [6.07, 6.45) is 1.31. The van der Waals surface area contributed by atoms with Gasteiger partial charge < -0.3 is 4.98 Å². The van der Waals surface area contributed by atoms with Crippen LogP contribution in [0.25, 0.3) is 11.0 Å². The van der Waals surface area contributed by atoms with Crippen molar-refractivity contribution in [2.75, 3.05) is 6.54 Å². The quantitative estimate of drug-likeness (QED) is 0.613. The van der Waals surface area contributed by atoms with E-state index in [1.165, 1.54) is 28.6 Å².